The Morgan fingerprint density at radius 2 is 2.25 bits per heavy atom. The molecule has 1 aliphatic heterocycles. The molecule has 0 amide bonds. The Kier molecular flexibility index (Phi) is 4.35. The number of rotatable bonds is 5. The van der Waals surface area contributed by atoms with Crippen LogP contribution in [-0.2, 0) is 4.74 Å². The van der Waals surface area contributed by atoms with E-state index in [0.29, 0.717) is 0 Å². The predicted molar refractivity (Wildman–Crippen MR) is 53.4 cm³/mol. The van der Waals surface area contributed by atoms with Crippen LogP contribution >= 0.6 is 11.9 Å². The SMILES string of the molecule is COCCN(C)C1CN(SC)C1. The topological polar surface area (TPSA) is 15.7 Å². The number of hydrogen-bond donors (Lipinski definition) is 0. The molecule has 72 valence electrons. The Balaban J connectivity index is 2.06. The van der Waals surface area contributed by atoms with Gasteiger partial charge in [-0.05, 0) is 13.3 Å². The normalized spacial score (nSPS) is 20.0. The first-order valence-corrected chi connectivity index (χ1v) is 5.44. The average molecular weight is 190 g/mol. The Bertz CT molecular complexity index is 125. The van der Waals surface area contributed by atoms with Crippen molar-refractivity contribution in [2.24, 2.45) is 0 Å². The molecule has 1 heterocycles. The standard InChI is InChI=1S/C8H18N2OS/c1-9(4-5-11-2)8-6-10(7-8)12-3/h8H,4-7H2,1-3H3. The highest BCUT2D eigenvalue weighted by atomic mass is 32.2. The maximum atomic E-state index is 5.02. The molecule has 1 fully saturated rings. The molecule has 1 rings (SSSR count). The van der Waals surface area contributed by atoms with Crippen molar-refractivity contribution in [2.75, 3.05) is 46.7 Å². The van der Waals surface area contributed by atoms with E-state index in [-0.39, 0.29) is 0 Å². The van der Waals surface area contributed by atoms with E-state index in [0.717, 1.165) is 19.2 Å². The summed E-state index contributed by atoms with van der Waals surface area (Å²) in [5.74, 6) is 0. The second kappa shape index (κ2) is 5.07. The van der Waals surface area contributed by atoms with Crippen molar-refractivity contribution in [3.63, 3.8) is 0 Å². The van der Waals surface area contributed by atoms with E-state index >= 15 is 0 Å². The molecule has 0 aromatic carbocycles. The molecule has 0 aromatic rings. The Morgan fingerprint density at radius 1 is 1.58 bits per heavy atom. The lowest BCUT2D eigenvalue weighted by Crippen LogP contribution is -2.55. The van der Waals surface area contributed by atoms with Crippen LogP contribution in [0.2, 0.25) is 0 Å². The molecule has 4 heteroatoms. The summed E-state index contributed by atoms with van der Waals surface area (Å²) in [6.07, 6.45) is 2.13. The zero-order valence-electron chi connectivity index (χ0n) is 8.12. The van der Waals surface area contributed by atoms with E-state index in [2.05, 4.69) is 22.5 Å². The van der Waals surface area contributed by atoms with E-state index in [1.54, 1.807) is 7.11 Å². The lowest BCUT2D eigenvalue weighted by molar-refractivity contribution is 0.0859. The van der Waals surface area contributed by atoms with Gasteiger partial charge in [0.2, 0.25) is 0 Å². The molecule has 0 atom stereocenters. The van der Waals surface area contributed by atoms with Gasteiger partial charge in [-0.1, -0.05) is 11.9 Å². The van der Waals surface area contributed by atoms with E-state index in [1.165, 1.54) is 13.1 Å². The quantitative estimate of drug-likeness (QED) is 0.587. The first-order chi connectivity index (χ1) is 5.77. The van der Waals surface area contributed by atoms with E-state index in [4.69, 9.17) is 4.74 Å². The molecule has 1 aliphatic rings. The van der Waals surface area contributed by atoms with Crippen LogP contribution in [0.5, 0.6) is 0 Å². The molecule has 1 saturated heterocycles. The zero-order chi connectivity index (χ0) is 8.97. The monoisotopic (exact) mass is 190 g/mol. The van der Waals surface area contributed by atoms with Crippen molar-refractivity contribution in [2.45, 2.75) is 6.04 Å². The van der Waals surface area contributed by atoms with Gasteiger partial charge in [-0.2, -0.15) is 0 Å². The first-order valence-electron chi connectivity index (χ1n) is 4.26. The average Bonchev–Trinajstić information content (AvgIpc) is 1.99. The number of methoxy groups -OCH3 is 1. The fourth-order valence-corrected chi connectivity index (χ4v) is 1.90. The number of likely N-dealkylation sites (N-methyl/N-ethyl adjacent to an activating group) is 1. The number of nitrogens with zero attached hydrogens (tertiary/aromatic N) is 2. The van der Waals surface area contributed by atoms with Crippen molar-refractivity contribution in [1.82, 2.24) is 9.21 Å². The predicted octanol–water partition coefficient (Wildman–Crippen LogP) is 0.527. The van der Waals surface area contributed by atoms with Gasteiger partial charge in [-0.25, -0.2) is 4.31 Å². The van der Waals surface area contributed by atoms with Crippen LogP contribution in [0.25, 0.3) is 0 Å². The number of ether oxygens (including phenoxy) is 1. The van der Waals surface area contributed by atoms with Gasteiger partial charge < -0.3 is 4.74 Å². The highest BCUT2D eigenvalue weighted by molar-refractivity contribution is 7.96. The second-order valence-corrected chi connectivity index (χ2v) is 4.04. The summed E-state index contributed by atoms with van der Waals surface area (Å²) in [5.41, 5.74) is 0. The van der Waals surface area contributed by atoms with Crippen molar-refractivity contribution in [3.8, 4) is 0 Å². The molecular formula is C8H18N2OS. The summed E-state index contributed by atoms with van der Waals surface area (Å²) in [4.78, 5) is 2.37. The lowest BCUT2D eigenvalue weighted by Gasteiger charge is -2.42. The third kappa shape index (κ3) is 2.62. The van der Waals surface area contributed by atoms with E-state index in [1.807, 2.05) is 11.9 Å². The second-order valence-electron chi connectivity index (χ2n) is 3.16. The number of hydrogen-bond acceptors (Lipinski definition) is 4. The third-order valence-electron chi connectivity index (χ3n) is 2.36. The molecular weight excluding hydrogens is 172 g/mol. The van der Waals surface area contributed by atoms with Crippen LogP contribution < -0.4 is 0 Å². The minimum Gasteiger partial charge on any atom is -0.383 e. The Morgan fingerprint density at radius 3 is 2.75 bits per heavy atom. The molecule has 0 N–H and O–H groups in total. The van der Waals surface area contributed by atoms with Gasteiger partial charge in [0.25, 0.3) is 0 Å². The molecule has 0 bridgehead atoms. The Labute approximate surface area is 79.2 Å². The zero-order valence-corrected chi connectivity index (χ0v) is 8.93. The highest BCUT2D eigenvalue weighted by Crippen LogP contribution is 2.19. The third-order valence-corrected chi connectivity index (χ3v) is 3.17. The minimum atomic E-state index is 0.743. The molecule has 12 heavy (non-hydrogen) atoms. The van der Waals surface area contributed by atoms with Crippen molar-refractivity contribution in [3.05, 3.63) is 0 Å². The minimum absolute atomic E-state index is 0.743. The Hall–Kier alpha value is 0.230. The van der Waals surface area contributed by atoms with E-state index < -0.39 is 0 Å². The summed E-state index contributed by atoms with van der Waals surface area (Å²) >= 11 is 1.83. The lowest BCUT2D eigenvalue weighted by atomic mass is 10.1. The van der Waals surface area contributed by atoms with Crippen molar-refractivity contribution < 1.29 is 4.74 Å². The molecule has 0 radical (unpaired) electrons. The van der Waals surface area contributed by atoms with Gasteiger partial charge in [-0.3, -0.25) is 4.90 Å². The molecule has 0 saturated carbocycles. The van der Waals surface area contributed by atoms with Crippen LogP contribution in [0.3, 0.4) is 0 Å². The highest BCUT2D eigenvalue weighted by Gasteiger charge is 2.28. The van der Waals surface area contributed by atoms with Gasteiger partial charge in [0.1, 0.15) is 0 Å². The summed E-state index contributed by atoms with van der Waals surface area (Å²) in [7, 11) is 3.92. The van der Waals surface area contributed by atoms with E-state index in [9.17, 15) is 0 Å². The van der Waals surface area contributed by atoms with Gasteiger partial charge in [0.15, 0.2) is 0 Å². The van der Waals surface area contributed by atoms with Crippen LogP contribution in [0.4, 0.5) is 0 Å². The fraction of sp³-hybridized carbons (Fsp3) is 1.00. The van der Waals surface area contributed by atoms with Crippen LogP contribution in [0, 0.1) is 0 Å². The summed E-state index contributed by atoms with van der Waals surface area (Å²) < 4.78 is 7.39. The van der Waals surface area contributed by atoms with Crippen molar-refractivity contribution >= 4 is 11.9 Å². The van der Waals surface area contributed by atoms with Gasteiger partial charge in [0.05, 0.1) is 6.61 Å². The first kappa shape index (κ1) is 10.3. The summed E-state index contributed by atoms with van der Waals surface area (Å²) in [6.45, 7) is 4.28. The van der Waals surface area contributed by atoms with Crippen molar-refractivity contribution in [1.29, 1.82) is 0 Å². The summed E-state index contributed by atoms with van der Waals surface area (Å²) in [6, 6.07) is 0.743. The smallest absolute Gasteiger partial charge is 0.0589 e. The maximum Gasteiger partial charge on any atom is 0.0589 e. The molecule has 0 spiro atoms. The largest absolute Gasteiger partial charge is 0.383 e. The fourth-order valence-electron chi connectivity index (χ4n) is 1.26. The maximum absolute atomic E-state index is 5.02. The van der Waals surface area contributed by atoms with Gasteiger partial charge in [0, 0.05) is 32.8 Å². The molecule has 0 unspecified atom stereocenters. The van der Waals surface area contributed by atoms with Crippen LogP contribution in [-0.4, -0.2) is 61.9 Å². The van der Waals surface area contributed by atoms with Gasteiger partial charge >= 0.3 is 0 Å². The molecule has 0 aliphatic carbocycles. The molecule has 0 aromatic heterocycles. The van der Waals surface area contributed by atoms with Crippen LogP contribution in [0.15, 0.2) is 0 Å². The molecule has 3 nitrogen and oxygen atoms in total. The van der Waals surface area contributed by atoms with Gasteiger partial charge in [-0.15, -0.1) is 0 Å². The van der Waals surface area contributed by atoms with Crippen LogP contribution in [0.1, 0.15) is 0 Å². The summed E-state index contributed by atoms with van der Waals surface area (Å²) in [5, 5.41) is 0.